The molecule has 4 nitrogen and oxygen atoms in total. The van der Waals surface area contributed by atoms with Gasteiger partial charge in [-0.05, 0) is 24.3 Å². The van der Waals surface area contributed by atoms with Gasteiger partial charge in [-0.25, -0.2) is 0 Å². The van der Waals surface area contributed by atoms with Crippen LogP contribution in [0, 0.1) is 0 Å². The maximum atomic E-state index is 11.8. The van der Waals surface area contributed by atoms with E-state index in [-0.39, 0.29) is 17.9 Å². The van der Waals surface area contributed by atoms with Gasteiger partial charge in [-0.3, -0.25) is 14.5 Å². The summed E-state index contributed by atoms with van der Waals surface area (Å²) in [6, 6.07) is 3.92. The monoisotopic (exact) mass is 252 g/mol. The highest BCUT2D eigenvalue weighted by atomic mass is 32.1. The van der Waals surface area contributed by atoms with Gasteiger partial charge in [0, 0.05) is 24.9 Å². The Hall–Kier alpha value is -1.20. The number of likely N-dealkylation sites (N-methyl/N-ethyl adjacent to an activating group) is 1. The molecule has 2 amide bonds. The van der Waals surface area contributed by atoms with Crippen molar-refractivity contribution in [1.29, 1.82) is 0 Å². The second-order valence-corrected chi connectivity index (χ2v) is 5.20. The number of thiophene rings is 1. The van der Waals surface area contributed by atoms with E-state index in [9.17, 15) is 9.59 Å². The van der Waals surface area contributed by atoms with Crippen molar-refractivity contribution >= 4 is 23.2 Å². The fraction of sp³-hybridized carbons (Fsp3) is 0.500. The molecule has 0 bridgehead atoms. The summed E-state index contributed by atoms with van der Waals surface area (Å²) in [6.07, 6.45) is 2.00. The summed E-state index contributed by atoms with van der Waals surface area (Å²) in [5.74, 6) is -0.182. The van der Waals surface area contributed by atoms with Gasteiger partial charge in [0.2, 0.25) is 11.8 Å². The van der Waals surface area contributed by atoms with Crippen LogP contribution in [0.5, 0.6) is 0 Å². The number of likely N-dealkylation sites (tertiary alicyclic amines) is 1. The topological polar surface area (TPSA) is 49.4 Å². The average molecular weight is 252 g/mol. The highest BCUT2D eigenvalue weighted by Gasteiger charge is 2.30. The van der Waals surface area contributed by atoms with Crippen LogP contribution in [0.1, 0.15) is 17.7 Å². The van der Waals surface area contributed by atoms with Gasteiger partial charge in [0.25, 0.3) is 0 Å². The lowest BCUT2D eigenvalue weighted by Crippen LogP contribution is -2.51. The first-order valence-electron chi connectivity index (χ1n) is 5.74. The predicted octanol–water partition coefficient (Wildman–Crippen LogP) is 1.03. The van der Waals surface area contributed by atoms with E-state index in [1.807, 2.05) is 11.4 Å². The molecule has 92 valence electrons. The third-order valence-corrected chi connectivity index (χ3v) is 3.93. The summed E-state index contributed by atoms with van der Waals surface area (Å²) in [7, 11) is 1.55. The van der Waals surface area contributed by atoms with Crippen molar-refractivity contribution in [3.63, 3.8) is 0 Å². The van der Waals surface area contributed by atoms with Crippen molar-refractivity contribution in [3.05, 3.63) is 22.4 Å². The Bertz CT molecular complexity index is 403. The summed E-state index contributed by atoms with van der Waals surface area (Å²) in [6.45, 7) is 0.777. The molecule has 0 saturated carbocycles. The first kappa shape index (κ1) is 12.3. The average Bonchev–Trinajstić information content (AvgIpc) is 2.82. The summed E-state index contributed by atoms with van der Waals surface area (Å²) in [5, 5.41) is 5.27. The molecule has 2 rings (SSSR count). The maximum absolute atomic E-state index is 11.8. The zero-order chi connectivity index (χ0) is 12.3. The summed E-state index contributed by atoms with van der Waals surface area (Å²) in [5.41, 5.74) is 0. The Morgan fingerprint density at radius 1 is 1.53 bits per heavy atom. The quantitative estimate of drug-likeness (QED) is 0.814. The van der Waals surface area contributed by atoms with E-state index in [1.54, 1.807) is 18.4 Å². The van der Waals surface area contributed by atoms with Crippen molar-refractivity contribution in [2.45, 2.75) is 25.3 Å². The molecule has 1 aliphatic rings. The molecule has 1 N–H and O–H groups in total. The largest absolute Gasteiger partial charge is 0.305 e. The lowest BCUT2D eigenvalue weighted by Gasteiger charge is -2.28. The molecule has 1 aromatic heterocycles. The molecule has 0 aromatic carbocycles. The number of imide groups is 1. The number of rotatable bonds is 4. The SMILES string of the molecule is CN1C(=O)CCC(NCCc2cccs2)C1=O. The van der Waals surface area contributed by atoms with Crippen molar-refractivity contribution in [1.82, 2.24) is 10.2 Å². The zero-order valence-corrected chi connectivity index (χ0v) is 10.6. The molecule has 1 atom stereocenters. The second kappa shape index (κ2) is 5.42. The number of hydrogen-bond donors (Lipinski definition) is 1. The molecule has 0 spiro atoms. The third-order valence-electron chi connectivity index (χ3n) is 2.99. The molecule has 2 heterocycles. The maximum Gasteiger partial charge on any atom is 0.246 e. The first-order valence-corrected chi connectivity index (χ1v) is 6.62. The van der Waals surface area contributed by atoms with Crippen LogP contribution in [-0.2, 0) is 16.0 Å². The van der Waals surface area contributed by atoms with Gasteiger partial charge in [-0.2, -0.15) is 0 Å². The molecule has 1 aliphatic heterocycles. The molecule has 1 aromatic rings. The van der Waals surface area contributed by atoms with Gasteiger partial charge in [-0.1, -0.05) is 6.07 Å². The summed E-state index contributed by atoms with van der Waals surface area (Å²) in [4.78, 5) is 25.6. The van der Waals surface area contributed by atoms with Crippen molar-refractivity contribution in [2.24, 2.45) is 0 Å². The molecule has 5 heteroatoms. The third kappa shape index (κ3) is 2.92. The molecule has 1 unspecified atom stereocenters. The van der Waals surface area contributed by atoms with Gasteiger partial charge in [0.15, 0.2) is 0 Å². The zero-order valence-electron chi connectivity index (χ0n) is 9.81. The molecular formula is C12H16N2O2S. The summed E-state index contributed by atoms with van der Waals surface area (Å²) < 4.78 is 0. The van der Waals surface area contributed by atoms with E-state index < -0.39 is 0 Å². The van der Waals surface area contributed by atoms with E-state index in [0.29, 0.717) is 12.8 Å². The van der Waals surface area contributed by atoms with E-state index in [0.717, 1.165) is 13.0 Å². The molecule has 1 saturated heterocycles. The van der Waals surface area contributed by atoms with Crippen LogP contribution in [-0.4, -0.2) is 36.3 Å². The van der Waals surface area contributed by atoms with Crippen LogP contribution in [0.15, 0.2) is 17.5 Å². The minimum absolute atomic E-state index is 0.0775. The number of hydrogen-bond acceptors (Lipinski definition) is 4. The fourth-order valence-electron chi connectivity index (χ4n) is 1.93. The van der Waals surface area contributed by atoms with E-state index >= 15 is 0 Å². The van der Waals surface area contributed by atoms with E-state index in [4.69, 9.17) is 0 Å². The Kier molecular flexibility index (Phi) is 3.91. The second-order valence-electron chi connectivity index (χ2n) is 4.17. The minimum Gasteiger partial charge on any atom is -0.305 e. The van der Waals surface area contributed by atoms with Crippen LogP contribution in [0.4, 0.5) is 0 Å². The number of piperidine rings is 1. The lowest BCUT2D eigenvalue weighted by molar-refractivity contribution is -0.148. The number of carbonyl (C=O) groups is 2. The fourth-order valence-corrected chi connectivity index (χ4v) is 2.64. The van der Waals surface area contributed by atoms with Gasteiger partial charge in [0.1, 0.15) is 0 Å². The Labute approximate surface area is 105 Å². The molecule has 1 fully saturated rings. The molecule has 0 aliphatic carbocycles. The van der Waals surface area contributed by atoms with Crippen molar-refractivity contribution in [2.75, 3.05) is 13.6 Å². The van der Waals surface area contributed by atoms with E-state index in [1.165, 1.54) is 9.78 Å². The highest BCUT2D eigenvalue weighted by molar-refractivity contribution is 7.09. The van der Waals surface area contributed by atoms with Gasteiger partial charge in [0.05, 0.1) is 6.04 Å². The number of carbonyl (C=O) groups excluding carboxylic acids is 2. The van der Waals surface area contributed by atoms with Crippen LogP contribution >= 0.6 is 11.3 Å². The molecular weight excluding hydrogens is 236 g/mol. The number of nitrogens with one attached hydrogen (secondary N) is 1. The van der Waals surface area contributed by atoms with Gasteiger partial charge < -0.3 is 5.32 Å². The van der Waals surface area contributed by atoms with Crippen LogP contribution in [0.25, 0.3) is 0 Å². The van der Waals surface area contributed by atoms with Crippen LogP contribution in [0.2, 0.25) is 0 Å². The highest BCUT2D eigenvalue weighted by Crippen LogP contribution is 2.12. The Balaban J connectivity index is 1.79. The van der Waals surface area contributed by atoms with Crippen LogP contribution in [0.3, 0.4) is 0 Å². The van der Waals surface area contributed by atoms with Crippen LogP contribution < -0.4 is 5.32 Å². The Morgan fingerprint density at radius 2 is 2.35 bits per heavy atom. The number of nitrogens with zero attached hydrogens (tertiary/aromatic N) is 1. The summed E-state index contributed by atoms with van der Waals surface area (Å²) >= 11 is 1.72. The van der Waals surface area contributed by atoms with Gasteiger partial charge in [-0.15, -0.1) is 11.3 Å². The minimum atomic E-state index is -0.197. The Morgan fingerprint density at radius 3 is 3.06 bits per heavy atom. The molecule has 17 heavy (non-hydrogen) atoms. The lowest BCUT2D eigenvalue weighted by atomic mass is 10.0. The molecule has 0 radical (unpaired) electrons. The predicted molar refractivity (Wildman–Crippen MR) is 66.8 cm³/mol. The standard InChI is InChI=1S/C12H16N2O2S/c1-14-11(15)5-4-10(12(14)16)13-7-6-9-3-2-8-17-9/h2-3,8,10,13H,4-7H2,1H3. The smallest absolute Gasteiger partial charge is 0.246 e. The van der Waals surface area contributed by atoms with E-state index in [2.05, 4.69) is 11.4 Å². The van der Waals surface area contributed by atoms with Crippen molar-refractivity contribution < 1.29 is 9.59 Å². The number of amides is 2. The van der Waals surface area contributed by atoms with Crippen molar-refractivity contribution in [3.8, 4) is 0 Å². The first-order chi connectivity index (χ1) is 8.18. The normalized spacial score (nSPS) is 21.0. The van der Waals surface area contributed by atoms with Gasteiger partial charge >= 0.3 is 0 Å².